The summed E-state index contributed by atoms with van der Waals surface area (Å²) < 4.78 is 5.08. The van der Waals surface area contributed by atoms with Gasteiger partial charge in [0.15, 0.2) is 0 Å². The Labute approximate surface area is 146 Å². The first-order valence-corrected chi connectivity index (χ1v) is 8.42. The Kier molecular flexibility index (Phi) is 5.25. The third-order valence-electron chi connectivity index (χ3n) is 4.13. The van der Waals surface area contributed by atoms with Crippen LogP contribution in [0, 0.1) is 5.92 Å². The van der Waals surface area contributed by atoms with Crippen LogP contribution in [0.25, 0.3) is 11.0 Å². The van der Waals surface area contributed by atoms with Gasteiger partial charge in [-0.3, -0.25) is 0 Å². The molecule has 1 unspecified atom stereocenters. The van der Waals surface area contributed by atoms with Crippen molar-refractivity contribution >= 4 is 22.8 Å². The topological polar surface area (TPSA) is 130 Å². The summed E-state index contributed by atoms with van der Waals surface area (Å²) in [7, 11) is 1.63. The first kappa shape index (κ1) is 17.3. The van der Waals surface area contributed by atoms with Crippen LogP contribution in [-0.4, -0.2) is 46.3 Å². The number of nitrogens with zero attached hydrogens (tertiary/aromatic N) is 3. The van der Waals surface area contributed by atoms with Crippen LogP contribution in [-0.2, 0) is 4.74 Å². The van der Waals surface area contributed by atoms with Crippen molar-refractivity contribution in [3.63, 3.8) is 0 Å². The standard InChI is InChI=1S/C16H26N8O/c1-10(9-25-2)24(18)8-13(17)21-16-22-14-12(5-6-19-14)15(23-16)20-7-11-3-4-11/h5-6,8,10-11H,3-4,7,9,17-18H2,1-2H3,(H3,19,20,21,22,23)/b13-8+. The number of fused-ring (bicyclic) bond motifs is 1. The number of rotatable bonds is 9. The largest absolute Gasteiger partial charge is 0.384 e. The molecule has 1 saturated carbocycles. The minimum absolute atomic E-state index is 0.00655. The van der Waals surface area contributed by atoms with E-state index in [0.717, 1.165) is 29.3 Å². The third kappa shape index (κ3) is 4.52. The van der Waals surface area contributed by atoms with Crippen LogP contribution in [0.5, 0.6) is 0 Å². The van der Waals surface area contributed by atoms with Crippen LogP contribution in [0.4, 0.5) is 11.8 Å². The van der Waals surface area contributed by atoms with Crippen molar-refractivity contribution in [2.75, 3.05) is 30.9 Å². The fourth-order valence-electron chi connectivity index (χ4n) is 2.47. The van der Waals surface area contributed by atoms with Gasteiger partial charge in [0.25, 0.3) is 0 Å². The Morgan fingerprint density at radius 3 is 3.04 bits per heavy atom. The predicted molar refractivity (Wildman–Crippen MR) is 98.4 cm³/mol. The van der Waals surface area contributed by atoms with E-state index in [4.69, 9.17) is 16.3 Å². The summed E-state index contributed by atoms with van der Waals surface area (Å²) in [5.41, 5.74) is 6.77. The van der Waals surface area contributed by atoms with Crippen molar-refractivity contribution < 1.29 is 4.74 Å². The van der Waals surface area contributed by atoms with Crippen molar-refractivity contribution in [1.29, 1.82) is 0 Å². The highest BCUT2D eigenvalue weighted by molar-refractivity contribution is 5.88. The van der Waals surface area contributed by atoms with Crippen LogP contribution in [0.3, 0.4) is 0 Å². The molecule has 0 spiro atoms. The number of H-pyrrole nitrogens is 1. The van der Waals surface area contributed by atoms with Crippen molar-refractivity contribution in [1.82, 2.24) is 20.0 Å². The molecule has 0 saturated heterocycles. The summed E-state index contributed by atoms with van der Waals surface area (Å²) in [6.45, 7) is 3.36. The van der Waals surface area contributed by atoms with Gasteiger partial charge in [-0.05, 0) is 31.7 Å². The number of aromatic nitrogens is 3. The maximum absolute atomic E-state index is 6.02. The lowest BCUT2D eigenvalue weighted by Crippen LogP contribution is -2.38. The molecule has 1 aliphatic rings. The predicted octanol–water partition coefficient (Wildman–Crippen LogP) is 1.16. The van der Waals surface area contributed by atoms with E-state index in [1.807, 2.05) is 19.2 Å². The molecule has 2 heterocycles. The molecule has 2 aromatic heterocycles. The zero-order valence-corrected chi connectivity index (χ0v) is 14.6. The van der Waals surface area contributed by atoms with Gasteiger partial charge in [-0.25, -0.2) is 5.84 Å². The molecular formula is C16H26N8O. The second kappa shape index (κ2) is 7.58. The summed E-state index contributed by atoms with van der Waals surface area (Å²) in [5, 5.41) is 8.84. The zero-order chi connectivity index (χ0) is 17.8. The average Bonchev–Trinajstić information content (AvgIpc) is 3.28. The first-order chi connectivity index (χ1) is 12.1. The maximum Gasteiger partial charge on any atom is 0.232 e. The highest BCUT2D eigenvalue weighted by Crippen LogP contribution is 2.30. The quantitative estimate of drug-likeness (QED) is 0.338. The summed E-state index contributed by atoms with van der Waals surface area (Å²) >= 11 is 0. The van der Waals surface area contributed by atoms with Crippen molar-refractivity contribution in [3.05, 3.63) is 24.3 Å². The van der Waals surface area contributed by atoms with E-state index in [1.54, 1.807) is 13.3 Å². The Bertz CT molecular complexity index is 739. The maximum atomic E-state index is 6.02. The number of anilines is 2. The Morgan fingerprint density at radius 2 is 2.32 bits per heavy atom. The zero-order valence-electron chi connectivity index (χ0n) is 14.6. The van der Waals surface area contributed by atoms with E-state index < -0.39 is 0 Å². The van der Waals surface area contributed by atoms with Gasteiger partial charge < -0.3 is 31.1 Å². The minimum atomic E-state index is -0.00655. The molecule has 0 aliphatic heterocycles. The van der Waals surface area contributed by atoms with E-state index in [2.05, 4.69) is 25.6 Å². The number of ether oxygens (including phenoxy) is 1. The molecule has 136 valence electrons. The van der Waals surface area contributed by atoms with Gasteiger partial charge in [0, 0.05) is 19.9 Å². The van der Waals surface area contributed by atoms with E-state index in [0.29, 0.717) is 18.4 Å². The molecule has 0 amide bonds. The average molecular weight is 346 g/mol. The van der Waals surface area contributed by atoms with Gasteiger partial charge >= 0.3 is 0 Å². The second-order valence-electron chi connectivity index (χ2n) is 6.42. The van der Waals surface area contributed by atoms with Crippen LogP contribution in [0.1, 0.15) is 19.8 Å². The van der Waals surface area contributed by atoms with Gasteiger partial charge in [-0.2, -0.15) is 9.97 Å². The summed E-state index contributed by atoms with van der Waals surface area (Å²) in [6, 6.07) is 1.95. The molecule has 0 bridgehead atoms. The molecule has 9 heteroatoms. The van der Waals surface area contributed by atoms with E-state index in [9.17, 15) is 0 Å². The van der Waals surface area contributed by atoms with Gasteiger partial charge in [-0.15, -0.1) is 0 Å². The van der Waals surface area contributed by atoms with Gasteiger partial charge in [0.05, 0.1) is 24.2 Å². The Hall–Kier alpha value is -2.52. The van der Waals surface area contributed by atoms with Crippen LogP contribution < -0.4 is 22.2 Å². The summed E-state index contributed by atoms with van der Waals surface area (Å²) in [5.74, 6) is 8.26. The van der Waals surface area contributed by atoms with E-state index >= 15 is 0 Å². The molecule has 1 atom stereocenters. The van der Waals surface area contributed by atoms with Crippen LogP contribution in [0.2, 0.25) is 0 Å². The number of hydrogen-bond donors (Lipinski definition) is 5. The number of hydrogen-bond acceptors (Lipinski definition) is 8. The molecule has 1 fully saturated rings. The number of hydrazine groups is 1. The highest BCUT2D eigenvalue weighted by Gasteiger charge is 2.21. The number of nitrogens with one attached hydrogen (secondary N) is 3. The van der Waals surface area contributed by atoms with Gasteiger partial charge in [-0.1, -0.05) is 0 Å². The van der Waals surface area contributed by atoms with Crippen molar-refractivity contribution in [2.24, 2.45) is 17.5 Å². The number of nitrogens with two attached hydrogens (primary N) is 2. The van der Waals surface area contributed by atoms with E-state index in [1.165, 1.54) is 17.9 Å². The SMILES string of the molecule is COCC(C)N(N)/C=C(\N)Nc1nc(NCC2CC2)c2cc[nH]c2n1. The number of aromatic amines is 1. The van der Waals surface area contributed by atoms with Crippen molar-refractivity contribution in [2.45, 2.75) is 25.8 Å². The van der Waals surface area contributed by atoms with Gasteiger partial charge in [0.1, 0.15) is 17.3 Å². The van der Waals surface area contributed by atoms with Crippen LogP contribution >= 0.6 is 0 Å². The molecule has 2 aromatic rings. The monoisotopic (exact) mass is 346 g/mol. The second-order valence-corrected chi connectivity index (χ2v) is 6.42. The smallest absolute Gasteiger partial charge is 0.232 e. The molecule has 3 rings (SSSR count). The molecule has 0 radical (unpaired) electrons. The van der Waals surface area contributed by atoms with Gasteiger partial charge in [0.2, 0.25) is 5.95 Å². The summed E-state index contributed by atoms with van der Waals surface area (Å²) in [4.78, 5) is 12.1. The lowest BCUT2D eigenvalue weighted by atomic mass is 10.3. The Balaban J connectivity index is 1.73. The molecule has 9 nitrogen and oxygen atoms in total. The Morgan fingerprint density at radius 1 is 1.52 bits per heavy atom. The minimum Gasteiger partial charge on any atom is -0.384 e. The van der Waals surface area contributed by atoms with Crippen molar-refractivity contribution in [3.8, 4) is 0 Å². The normalized spacial score (nSPS) is 16.0. The fraction of sp³-hybridized carbons (Fsp3) is 0.500. The summed E-state index contributed by atoms with van der Waals surface area (Å²) in [6.07, 6.45) is 6.00. The molecule has 7 N–H and O–H groups in total. The molecule has 0 aromatic carbocycles. The van der Waals surface area contributed by atoms with E-state index in [-0.39, 0.29) is 6.04 Å². The van der Waals surface area contributed by atoms with Crippen LogP contribution in [0.15, 0.2) is 24.3 Å². The molecule has 1 aliphatic carbocycles. The number of methoxy groups -OCH3 is 1. The highest BCUT2D eigenvalue weighted by atomic mass is 16.5. The molecular weight excluding hydrogens is 320 g/mol. The third-order valence-corrected chi connectivity index (χ3v) is 4.13. The first-order valence-electron chi connectivity index (χ1n) is 8.42. The molecule has 25 heavy (non-hydrogen) atoms. The fourth-order valence-corrected chi connectivity index (χ4v) is 2.47. The lowest BCUT2D eigenvalue weighted by molar-refractivity contribution is 0.126. The lowest BCUT2D eigenvalue weighted by Gasteiger charge is -2.22.